The van der Waals surface area contributed by atoms with E-state index in [0.717, 1.165) is 39.0 Å². The first-order valence-electron chi connectivity index (χ1n) is 8.97. The quantitative estimate of drug-likeness (QED) is 0.508. The zero-order valence-corrected chi connectivity index (χ0v) is 15.4. The van der Waals surface area contributed by atoms with Gasteiger partial charge in [-0.25, -0.2) is 0 Å². The Morgan fingerprint density at radius 2 is 1.48 bits per heavy atom. The highest BCUT2D eigenvalue weighted by molar-refractivity contribution is 6.14. The van der Waals surface area contributed by atoms with Crippen molar-refractivity contribution in [1.29, 1.82) is 0 Å². The molecule has 4 rings (SSSR count). The van der Waals surface area contributed by atoms with Crippen LogP contribution in [0.2, 0.25) is 0 Å². The predicted molar refractivity (Wildman–Crippen MR) is 111 cm³/mol. The first kappa shape index (κ1) is 17.0. The Balaban J connectivity index is 1.93. The molecule has 0 aliphatic rings. The molecule has 0 fully saturated rings. The van der Waals surface area contributed by atoms with Gasteiger partial charge in [0.15, 0.2) is 0 Å². The Labute approximate surface area is 158 Å². The molecule has 0 bridgehead atoms. The maximum Gasteiger partial charge on any atom is 0.258 e. The highest BCUT2D eigenvalue weighted by atomic mass is 16.1. The Morgan fingerprint density at radius 3 is 2.26 bits per heavy atom. The number of benzene rings is 3. The van der Waals surface area contributed by atoms with Gasteiger partial charge in [-0.1, -0.05) is 66.7 Å². The molecule has 1 heterocycles. The molecule has 3 heteroatoms. The third-order valence-corrected chi connectivity index (χ3v) is 4.76. The third kappa shape index (κ3) is 3.20. The Bertz CT molecular complexity index is 1130. The van der Waals surface area contributed by atoms with Crippen LogP contribution in [0.4, 0.5) is 5.69 Å². The van der Waals surface area contributed by atoms with Crippen molar-refractivity contribution >= 4 is 22.5 Å². The lowest BCUT2D eigenvalue weighted by molar-refractivity contribution is 0.102. The van der Waals surface area contributed by atoms with E-state index in [2.05, 4.69) is 10.3 Å². The van der Waals surface area contributed by atoms with E-state index < -0.39 is 0 Å². The summed E-state index contributed by atoms with van der Waals surface area (Å²) in [4.78, 5) is 18.0. The van der Waals surface area contributed by atoms with E-state index in [1.54, 1.807) is 0 Å². The van der Waals surface area contributed by atoms with Gasteiger partial charge in [0.2, 0.25) is 0 Å². The minimum Gasteiger partial charge on any atom is -0.322 e. The number of hydrogen-bond acceptors (Lipinski definition) is 2. The highest BCUT2D eigenvalue weighted by Crippen LogP contribution is 2.33. The van der Waals surface area contributed by atoms with E-state index in [9.17, 15) is 4.79 Å². The maximum absolute atomic E-state index is 13.3. The van der Waals surface area contributed by atoms with Crippen LogP contribution in [0.5, 0.6) is 0 Å². The van der Waals surface area contributed by atoms with Crippen molar-refractivity contribution in [2.45, 2.75) is 13.8 Å². The normalized spacial score (nSPS) is 10.7. The van der Waals surface area contributed by atoms with E-state index >= 15 is 0 Å². The minimum atomic E-state index is -0.140. The molecule has 1 amide bonds. The summed E-state index contributed by atoms with van der Waals surface area (Å²) in [5.74, 6) is -0.140. The second-order valence-electron chi connectivity index (χ2n) is 6.60. The van der Waals surface area contributed by atoms with Crippen molar-refractivity contribution in [3.05, 3.63) is 95.7 Å². The van der Waals surface area contributed by atoms with Gasteiger partial charge in [0, 0.05) is 16.6 Å². The van der Waals surface area contributed by atoms with Crippen molar-refractivity contribution in [3.8, 4) is 11.1 Å². The summed E-state index contributed by atoms with van der Waals surface area (Å²) in [6.07, 6.45) is 0. The molecule has 3 aromatic carbocycles. The molecule has 132 valence electrons. The average Bonchev–Trinajstić information content (AvgIpc) is 2.69. The van der Waals surface area contributed by atoms with Crippen LogP contribution >= 0.6 is 0 Å². The number of aryl methyl sites for hydroxylation is 2. The second-order valence-corrected chi connectivity index (χ2v) is 6.60. The number of fused-ring (bicyclic) bond motifs is 1. The van der Waals surface area contributed by atoms with Gasteiger partial charge < -0.3 is 5.32 Å². The Kier molecular flexibility index (Phi) is 4.43. The van der Waals surface area contributed by atoms with Crippen LogP contribution in [0.1, 0.15) is 21.6 Å². The van der Waals surface area contributed by atoms with Crippen LogP contribution in [0.3, 0.4) is 0 Å². The molecule has 0 saturated carbocycles. The highest BCUT2D eigenvalue weighted by Gasteiger charge is 2.20. The topological polar surface area (TPSA) is 42.0 Å². The smallest absolute Gasteiger partial charge is 0.258 e. The standard InChI is InChI=1S/C24H20N2O/c1-16-10-6-8-14-20(16)26-24(27)22-17(2)25-21-15-9-7-13-19(21)23(22)18-11-4-3-5-12-18/h3-15H,1-2H3,(H,26,27). The van der Waals surface area contributed by atoms with Gasteiger partial charge in [0.1, 0.15) is 0 Å². The zero-order valence-electron chi connectivity index (χ0n) is 15.4. The van der Waals surface area contributed by atoms with Gasteiger partial charge in [0.25, 0.3) is 5.91 Å². The zero-order chi connectivity index (χ0) is 18.8. The molecule has 0 aliphatic carbocycles. The molecule has 1 aromatic heterocycles. The van der Waals surface area contributed by atoms with E-state index in [4.69, 9.17) is 0 Å². The number of amides is 1. The average molecular weight is 352 g/mol. The Hall–Kier alpha value is -3.46. The lowest BCUT2D eigenvalue weighted by atomic mass is 9.94. The fourth-order valence-corrected chi connectivity index (χ4v) is 3.42. The number of carbonyl (C=O) groups is 1. The number of aromatic nitrogens is 1. The molecule has 0 spiro atoms. The molecule has 0 saturated heterocycles. The molecule has 4 aromatic rings. The van der Waals surface area contributed by atoms with E-state index in [0.29, 0.717) is 5.56 Å². The van der Waals surface area contributed by atoms with E-state index in [-0.39, 0.29) is 5.91 Å². The lowest BCUT2D eigenvalue weighted by Crippen LogP contribution is -2.16. The summed E-state index contributed by atoms with van der Waals surface area (Å²) in [7, 11) is 0. The van der Waals surface area contributed by atoms with Crippen LogP contribution in [-0.4, -0.2) is 10.9 Å². The summed E-state index contributed by atoms with van der Waals surface area (Å²) in [6.45, 7) is 3.88. The van der Waals surface area contributed by atoms with Crippen LogP contribution in [-0.2, 0) is 0 Å². The fourth-order valence-electron chi connectivity index (χ4n) is 3.42. The van der Waals surface area contributed by atoms with Crippen molar-refractivity contribution in [3.63, 3.8) is 0 Å². The number of hydrogen-bond donors (Lipinski definition) is 1. The van der Waals surface area contributed by atoms with Crippen molar-refractivity contribution < 1.29 is 4.79 Å². The van der Waals surface area contributed by atoms with Crippen LogP contribution in [0, 0.1) is 13.8 Å². The number of nitrogens with one attached hydrogen (secondary N) is 1. The van der Waals surface area contributed by atoms with E-state index in [1.165, 1.54) is 0 Å². The fraction of sp³-hybridized carbons (Fsp3) is 0.0833. The third-order valence-electron chi connectivity index (χ3n) is 4.76. The Morgan fingerprint density at radius 1 is 0.815 bits per heavy atom. The maximum atomic E-state index is 13.3. The van der Waals surface area contributed by atoms with Gasteiger partial charge >= 0.3 is 0 Å². The number of pyridine rings is 1. The molecule has 0 radical (unpaired) electrons. The molecule has 3 nitrogen and oxygen atoms in total. The number of rotatable bonds is 3. The van der Waals surface area contributed by atoms with Gasteiger partial charge in [-0.3, -0.25) is 9.78 Å². The molecule has 0 atom stereocenters. The molecular formula is C24H20N2O. The van der Waals surface area contributed by atoms with Crippen molar-refractivity contribution in [1.82, 2.24) is 4.98 Å². The molecular weight excluding hydrogens is 332 g/mol. The van der Waals surface area contributed by atoms with Crippen molar-refractivity contribution in [2.24, 2.45) is 0 Å². The van der Waals surface area contributed by atoms with Gasteiger partial charge in [-0.2, -0.15) is 0 Å². The SMILES string of the molecule is Cc1ccccc1NC(=O)c1c(C)nc2ccccc2c1-c1ccccc1. The molecule has 27 heavy (non-hydrogen) atoms. The summed E-state index contributed by atoms with van der Waals surface area (Å²) < 4.78 is 0. The number of carbonyl (C=O) groups excluding carboxylic acids is 1. The number of para-hydroxylation sites is 2. The number of anilines is 1. The van der Waals surface area contributed by atoms with Gasteiger partial charge in [-0.15, -0.1) is 0 Å². The summed E-state index contributed by atoms with van der Waals surface area (Å²) in [6, 6.07) is 25.8. The largest absolute Gasteiger partial charge is 0.322 e. The number of nitrogens with zero attached hydrogens (tertiary/aromatic N) is 1. The van der Waals surface area contributed by atoms with E-state index in [1.807, 2.05) is 92.7 Å². The summed E-state index contributed by atoms with van der Waals surface area (Å²) >= 11 is 0. The van der Waals surface area contributed by atoms with Crippen LogP contribution < -0.4 is 5.32 Å². The first-order valence-corrected chi connectivity index (χ1v) is 8.97. The molecule has 0 aliphatic heterocycles. The lowest BCUT2D eigenvalue weighted by Gasteiger charge is -2.16. The molecule has 0 unspecified atom stereocenters. The first-order chi connectivity index (χ1) is 13.1. The van der Waals surface area contributed by atoms with Crippen LogP contribution in [0.15, 0.2) is 78.9 Å². The van der Waals surface area contributed by atoms with Gasteiger partial charge in [0.05, 0.1) is 16.8 Å². The molecule has 1 N–H and O–H groups in total. The second kappa shape index (κ2) is 7.04. The monoisotopic (exact) mass is 352 g/mol. The summed E-state index contributed by atoms with van der Waals surface area (Å²) in [5, 5.41) is 4.04. The minimum absolute atomic E-state index is 0.140. The van der Waals surface area contributed by atoms with Gasteiger partial charge in [-0.05, 0) is 37.1 Å². The summed E-state index contributed by atoms with van der Waals surface area (Å²) in [5.41, 5.74) is 5.99. The van der Waals surface area contributed by atoms with Crippen molar-refractivity contribution in [2.75, 3.05) is 5.32 Å². The predicted octanol–water partition coefficient (Wildman–Crippen LogP) is 5.77. The van der Waals surface area contributed by atoms with Crippen LogP contribution in [0.25, 0.3) is 22.0 Å².